The number of halogens is 4. The van der Waals surface area contributed by atoms with Gasteiger partial charge in [0.25, 0.3) is 0 Å². The molecule has 0 N–H and O–H groups in total. The number of aromatic nitrogens is 2. The van der Waals surface area contributed by atoms with Gasteiger partial charge in [0, 0.05) is 11.3 Å². The van der Waals surface area contributed by atoms with Gasteiger partial charge in [0.1, 0.15) is 5.75 Å². The molecule has 0 aliphatic carbocycles. The van der Waals surface area contributed by atoms with Crippen LogP contribution in [-0.2, 0) is 0 Å². The predicted octanol–water partition coefficient (Wildman–Crippen LogP) is 4.69. The molecule has 0 bridgehead atoms. The molecule has 1 aromatic heterocycles. The molecule has 114 valence electrons. The zero-order chi connectivity index (χ0) is 15.8. The second kappa shape index (κ2) is 5.60. The van der Waals surface area contributed by atoms with Gasteiger partial charge in [0.05, 0.1) is 16.8 Å². The number of hydrogen-bond donors (Lipinski definition) is 0. The highest BCUT2D eigenvalue weighted by Crippen LogP contribution is 2.29. The molecule has 1 unspecified atom stereocenters. The Morgan fingerprint density at radius 2 is 1.76 bits per heavy atom. The Balaban J connectivity index is 2.34. The molecule has 0 aliphatic heterocycles. The molecule has 3 nitrogen and oxygen atoms in total. The van der Waals surface area contributed by atoms with Crippen molar-refractivity contribution in [2.75, 3.05) is 0 Å². The lowest BCUT2D eigenvalue weighted by molar-refractivity contribution is -0.274. The van der Waals surface area contributed by atoms with E-state index in [1.54, 1.807) is 4.68 Å². The van der Waals surface area contributed by atoms with Crippen LogP contribution in [0.3, 0.4) is 0 Å². The summed E-state index contributed by atoms with van der Waals surface area (Å²) in [4.78, 5) is 0. The zero-order valence-electron chi connectivity index (χ0n) is 11.7. The van der Waals surface area contributed by atoms with Crippen LogP contribution in [0.2, 0.25) is 0 Å². The second-order valence-electron chi connectivity index (χ2n) is 4.65. The van der Waals surface area contributed by atoms with Crippen LogP contribution in [-0.4, -0.2) is 16.1 Å². The maximum absolute atomic E-state index is 12.1. The molecule has 0 saturated carbocycles. The first-order chi connectivity index (χ1) is 9.69. The van der Waals surface area contributed by atoms with E-state index in [-0.39, 0.29) is 11.1 Å². The minimum Gasteiger partial charge on any atom is -0.406 e. The van der Waals surface area contributed by atoms with Gasteiger partial charge in [-0.1, -0.05) is 0 Å². The Labute approximate surface area is 125 Å². The van der Waals surface area contributed by atoms with Crippen LogP contribution < -0.4 is 4.74 Å². The van der Waals surface area contributed by atoms with Crippen LogP contribution in [0.15, 0.2) is 24.3 Å². The summed E-state index contributed by atoms with van der Waals surface area (Å²) in [6.07, 6.45) is -4.69. The van der Waals surface area contributed by atoms with Crippen molar-refractivity contribution in [1.29, 1.82) is 0 Å². The maximum atomic E-state index is 12.1. The van der Waals surface area contributed by atoms with E-state index in [9.17, 15) is 13.2 Å². The fourth-order valence-electron chi connectivity index (χ4n) is 2.27. The van der Waals surface area contributed by atoms with Crippen molar-refractivity contribution in [2.24, 2.45) is 0 Å². The first-order valence-electron chi connectivity index (χ1n) is 6.25. The number of aryl methyl sites for hydroxylation is 1. The van der Waals surface area contributed by atoms with Crippen molar-refractivity contribution in [3.63, 3.8) is 0 Å². The number of alkyl halides is 4. The van der Waals surface area contributed by atoms with E-state index in [1.807, 2.05) is 20.8 Å². The summed E-state index contributed by atoms with van der Waals surface area (Å²) in [6, 6.07) is 5.54. The minimum absolute atomic E-state index is 0.188. The number of hydrogen-bond acceptors (Lipinski definition) is 2. The standard InChI is InChI=1S/C14H14ClF3N2O/c1-8(15)13-9(2)19-20(10(13)3)11-4-6-12(7-5-11)21-14(16,17)18/h4-8H,1-3H3. The zero-order valence-corrected chi connectivity index (χ0v) is 12.5. The van der Waals surface area contributed by atoms with E-state index in [4.69, 9.17) is 11.6 Å². The molecule has 2 aromatic rings. The van der Waals surface area contributed by atoms with E-state index in [2.05, 4.69) is 9.84 Å². The molecule has 0 saturated heterocycles. The van der Waals surface area contributed by atoms with Crippen LogP contribution >= 0.6 is 11.6 Å². The highest BCUT2D eigenvalue weighted by atomic mass is 35.5. The van der Waals surface area contributed by atoms with Gasteiger partial charge in [0.2, 0.25) is 0 Å². The fraction of sp³-hybridized carbons (Fsp3) is 0.357. The summed E-state index contributed by atoms with van der Waals surface area (Å²) in [5.74, 6) is -0.265. The second-order valence-corrected chi connectivity index (χ2v) is 5.31. The van der Waals surface area contributed by atoms with Gasteiger partial charge in [-0.25, -0.2) is 4.68 Å². The Morgan fingerprint density at radius 1 is 1.19 bits per heavy atom. The lowest BCUT2D eigenvalue weighted by atomic mass is 10.1. The van der Waals surface area contributed by atoms with Crippen molar-refractivity contribution in [3.8, 4) is 11.4 Å². The molecule has 1 atom stereocenters. The number of benzene rings is 1. The highest BCUT2D eigenvalue weighted by molar-refractivity contribution is 6.20. The molecule has 0 amide bonds. The number of nitrogens with zero attached hydrogens (tertiary/aromatic N) is 2. The monoisotopic (exact) mass is 318 g/mol. The molecule has 1 heterocycles. The topological polar surface area (TPSA) is 27.1 Å². The number of rotatable bonds is 3. The summed E-state index contributed by atoms with van der Waals surface area (Å²) in [5.41, 5.74) is 3.23. The van der Waals surface area contributed by atoms with Crippen molar-refractivity contribution in [2.45, 2.75) is 32.5 Å². The number of ether oxygens (including phenoxy) is 1. The largest absolute Gasteiger partial charge is 0.573 e. The highest BCUT2D eigenvalue weighted by Gasteiger charge is 2.31. The normalized spacial score (nSPS) is 13.3. The lowest BCUT2D eigenvalue weighted by Gasteiger charge is -2.10. The Kier molecular flexibility index (Phi) is 4.18. The van der Waals surface area contributed by atoms with Gasteiger partial charge < -0.3 is 4.74 Å². The van der Waals surface area contributed by atoms with Crippen LogP contribution in [0.5, 0.6) is 5.75 Å². The third-order valence-electron chi connectivity index (χ3n) is 3.06. The van der Waals surface area contributed by atoms with Crippen LogP contribution in [0.25, 0.3) is 5.69 Å². The molecule has 1 aromatic carbocycles. The van der Waals surface area contributed by atoms with Crippen LogP contribution in [0, 0.1) is 13.8 Å². The molecular weight excluding hydrogens is 305 g/mol. The molecule has 0 spiro atoms. The summed E-state index contributed by atoms with van der Waals surface area (Å²) in [6.45, 7) is 5.57. The Bertz CT molecular complexity index is 633. The Morgan fingerprint density at radius 3 is 2.19 bits per heavy atom. The van der Waals surface area contributed by atoms with E-state index >= 15 is 0 Å². The van der Waals surface area contributed by atoms with Crippen molar-refractivity contribution in [3.05, 3.63) is 41.2 Å². The minimum atomic E-state index is -4.69. The van der Waals surface area contributed by atoms with Gasteiger partial charge in [-0.3, -0.25) is 0 Å². The van der Waals surface area contributed by atoms with Gasteiger partial charge in [0.15, 0.2) is 0 Å². The summed E-state index contributed by atoms with van der Waals surface area (Å²) < 4.78 is 41.9. The first-order valence-corrected chi connectivity index (χ1v) is 6.69. The van der Waals surface area contributed by atoms with Gasteiger partial charge in [-0.15, -0.1) is 24.8 Å². The molecular formula is C14H14ClF3N2O. The van der Waals surface area contributed by atoms with Gasteiger partial charge >= 0.3 is 6.36 Å². The third-order valence-corrected chi connectivity index (χ3v) is 3.28. The van der Waals surface area contributed by atoms with E-state index in [0.717, 1.165) is 17.0 Å². The van der Waals surface area contributed by atoms with E-state index < -0.39 is 6.36 Å². The molecule has 21 heavy (non-hydrogen) atoms. The average Bonchev–Trinajstić information content (AvgIpc) is 2.63. The average molecular weight is 319 g/mol. The maximum Gasteiger partial charge on any atom is 0.573 e. The molecule has 0 fully saturated rings. The lowest BCUT2D eigenvalue weighted by Crippen LogP contribution is -2.17. The van der Waals surface area contributed by atoms with Crippen molar-refractivity contribution < 1.29 is 17.9 Å². The molecule has 0 radical (unpaired) electrons. The third kappa shape index (κ3) is 3.50. The van der Waals surface area contributed by atoms with Gasteiger partial charge in [-0.05, 0) is 45.0 Å². The summed E-state index contributed by atoms with van der Waals surface area (Å²) in [5, 5.41) is 4.19. The van der Waals surface area contributed by atoms with Crippen LogP contribution in [0.4, 0.5) is 13.2 Å². The molecule has 0 aliphatic rings. The van der Waals surface area contributed by atoms with Crippen LogP contribution in [0.1, 0.15) is 29.3 Å². The molecule has 7 heteroatoms. The fourth-order valence-corrected chi connectivity index (χ4v) is 2.59. The Hall–Kier alpha value is -1.69. The smallest absolute Gasteiger partial charge is 0.406 e. The summed E-state index contributed by atoms with van der Waals surface area (Å²) in [7, 11) is 0. The first kappa shape index (κ1) is 15.7. The quantitative estimate of drug-likeness (QED) is 0.768. The predicted molar refractivity (Wildman–Crippen MR) is 74.0 cm³/mol. The van der Waals surface area contributed by atoms with Crippen molar-refractivity contribution >= 4 is 11.6 Å². The van der Waals surface area contributed by atoms with E-state index in [0.29, 0.717) is 5.69 Å². The SMILES string of the molecule is Cc1nn(-c2ccc(OC(F)(F)F)cc2)c(C)c1C(C)Cl. The van der Waals surface area contributed by atoms with Gasteiger partial charge in [-0.2, -0.15) is 5.10 Å². The van der Waals surface area contributed by atoms with Crippen molar-refractivity contribution in [1.82, 2.24) is 9.78 Å². The molecule has 2 rings (SSSR count). The van der Waals surface area contributed by atoms with E-state index in [1.165, 1.54) is 24.3 Å². The summed E-state index contributed by atoms with van der Waals surface area (Å²) >= 11 is 6.11.